The predicted molar refractivity (Wildman–Crippen MR) is 93.2 cm³/mol. The first-order valence-electron chi connectivity index (χ1n) is 7.89. The Balaban J connectivity index is 1.97. The molecule has 0 aliphatic heterocycles. The van der Waals surface area contributed by atoms with Crippen molar-refractivity contribution in [2.24, 2.45) is 5.73 Å². The minimum atomic E-state index is -0.251. The van der Waals surface area contributed by atoms with Crippen LogP contribution in [0.1, 0.15) is 21.9 Å². The zero-order valence-electron chi connectivity index (χ0n) is 14.3. The van der Waals surface area contributed by atoms with E-state index in [-0.39, 0.29) is 11.5 Å². The number of aromatic amines is 1. The number of carbonyl (C=O) groups is 1. The quantitative estimate of drug-likeness (QED) is 0.636. The Morgan fingerprint density at radius 2 is 2.12 bits per heavy atom. The maximum Gasteiger partial charge on any atom is 0.251 e. The Morgan fingerprint density at radius 3 is 2.80 bits per heavy atom. The molecule has 8 nitrogen and oxygen atoms in total. The molecular formula is C17H22N4O4. The molecule has 0 bridgehead atoms. The molecule has 0 aliphatic carbocycles. The van der Waals surface area contributed by atoms with Crippen LogP contribution in [0, 0.1) is 6.92 Å². The molecule has 2 aromatic rings. The van der Waals surface area contributed by atoms with Crippen LogP contribution in [-0.4, -0.2) is 42.7 Å². The minimum Gasteiger partial charge on any atom is -0.493 e. The summed E-state index contributed by atoms with van der Waals surface area (Å²) in [5.41, 5.74) is 6.30. The Morgan fingerprint density at radius 1 is 1.32 bits per heavy atom. The Bertz CT molecular complexity index is 788. The van der Waals surface area contributed by atoms with Crippen LogP contribution in [0.2, 0.25) is 0 Å². The van der Waals surface area contributed by atoms with Gasteiger partial charge in [0.15, 0.2) is 11.5 Å². The smallest absolute Gasteiger partial charge is 0.251 e. The van der Waals surface area contributed by atoms with Gasteiger partial charge in [-0.3, -0.25) is 9.59 Å². The molecule has 4 N–H and O–H groups in total. The van der Waals surface area contributed by atoms with Crippen molar-refractivity contribution in [3.8, 4) is 11.5 Å². The van der Waals surface area contributed by atoms with Crippen LogP contribution in [0.15, 0.2) is 29.1 Å². The average molecular weight is 346 g/mol. The number of aryl methyl sites for hydroxylation is 1. The van der Waals surface area contributed by atoms with Crippen molar-refractivity contribution < 1.29 is 14.3 Å². The van der Waals surface area contributed by atoms with Crippen LogP contribution in [0.5, 0.6) is 11.5 Å². The highest BCUT2D eigenvalue weighted by atomic mass is 16.5. The van der Waals surface area contributed by atoms with Crippen LogP contribution < -0.4 is 26.1 Å². The minimum absolute atomic E-state index is 0.202. The van der Waals surface area contributed by atoms with Crippen molar-refractivity contribution in [2.45, 2.75) is 13.3 Å². The molecule has 0 aliphatic rings. The van der Waals surface area contributed by atoms with Gasteiger partial charge >= 0.3 is 0 Å². The Hall–Kier alpha value is -2.87. The fraction of sp³-hybridized carbons (Fsp3) is 0.353. The molecule has 1 aromatic heterocycles. The van der Waals surface area contributed by atoms with E-state index in [4.69, 9.17) is 15.2 Å². The number of H-pyrrole nitrogens is 1. The van der Waals surface area contributed by atoms with Gasteiger partial charge in [-0.15, -0.1) is 0 Å². The zero-order chi connectivity index (χ0) is 18.2. The summed E-state index contributed by atoms with van der Waals surface area (Å²) in [6, 6.07) is 6.34. The van der Waals surface area contributed by atoms with Crippen LogP contribution in [0.25, 0.3) is 0 Å². The van der Waals surface area contributed by atoms with E-state index in [9.17, 15) is 9.59 Å². The van der Waals surface area contributed by atoms with Crippen LogP contribution in [0.3, 0.4) is 0 Å². The third kappa shape index (κ3) is 5.32. The number of hydrogen-bond donors (Lipinski definition) is 3. The number of ether oxygens (including phenoxy) is 2. The first-order valence-corrected chi connectivity index (χ1v) is 7.89. The lowest BCUT2D eigenvalue weighted by Crippen LogP contribution is -2.27. The second-order valence-corrected chi connectivity index (χ2v) is 5.34. The molecule has 1 heterocycles. The fourth-order valence-electron chi connectivity index (χ4n) is 2.25. The van der Waals surface area contributed by atoms with Crippen molar-refractivity contribution in [3.63, 3.8) is 0 Å². The molecule has 134 valence electrons. The molecule has 1 aromatic carbocycles. The summed E-state index contributed by atoms with van der Waals surface area (Å²) in [4.78, 5) is 30.5. The third-order valence-electron chi connectivity index (χ3n) is 3.37. The molecular weight excluding hydrogens is 324 g/mol. The summed E-state index contributed by atoms with van der Waals surface area (Å²) in [5.74, 6) is 1.28. The number of nitrogens with one attached hydrogen (secondary N) is 2. The normalized spacial score (nSPS) is 10.4. The maximum absolute atomic E-state index is 12.2. The summed E-state index contributed by atoms with van der Waals surface area (Å²) in [5, 5.41) is 2.78. The van der Waals surface area contributed by atoms with E-state index in [1.54, 1.807) is 25.1 Å². The number of aromatic nitrogens is 2. The molecule has 8 heteroatoms. The highest BCUT2D eigenvalue weighted by molar-refractivity contribution is 5.94. The number of rotatable bonds is 8. The van der Waals surface area contributed by atoms with Crippen molar-refractivity contribution in [1.29, 1.82) is 0 Å². The number of nitrogens with zero attached hydrogens (tertiary/aromatic N) is 1. The van der Waals surface area contributed by atoms with E-state index >= 15 is 0 Å². The Kier molecular flexibility index (Phi) is 6.53. The van der Waals surface area contributed by atoms with Gasteiger partial charge in [-0.1, -0.05) is 0 Å². The molecule has 1 amide bonds. The van der Waals surface area contributed by atoms with Crippen molar-refractivity contribution >= 4 is 5.91 Å². The van der Waals surface area contributed by atoms with Gasteiger partial charge in [-0.2, -0.15) is 0 Å². The molecule has 0 fully saturated rings. The van der Waals surface area contributed by atoms with Crippen LogP contribution >= 0.6 is 0 Å². The monoisotopic (exact) mass is 346 g/mol. The third-order valence-corrected chi connectivity index (χ3v) is 3.37. The van der Waals surface area contributed by atoms with Crippen LogP contribution in [0.4, 0.5) is 0 Å². The zero-order valence-corrected chi connectivity index (χ0v) is 14.3. The number of methoxy groups -OCH3 is 1. The lowest BCUT2D eigenvalue weighted by Gasteiger charge is -2.11. The lowest BCUT2D eigenvalue weighted by molar-refractivity contribution is 0.0953. The summed E-state index contributed by atoms with van der Waals surface area (Å²) in [6.45, 7) is 2.85. The van der Waals surface area contributed by atoms with Gasteiger partial charge in [0.1, 0.15) is 12.4 Å². The molecule has 2 rings (SSSR count). The second-order valence-electron chi connectivity index (χ2n) is 5.34. The highest BCUT2D eigenvalue weighted by Gasteiger charge is 2.11. The topological polar surface area (TPSA) is 119 Å². The molecule has 0 saturated carbocycles. The summed E-state index contributed by atoms with van der Waals surface area (Å²) in [7, 11) is 1.51. The Labute approximate surface area is 145 Å². The molecule has 0 saturated heterocycles. The SMILES string of the molecule is COc1cc(C(=O)NCCc2nc(C)cc(=O)[nH]2)ccc1OCCN. The van der Waals surface area contributed by atoms with Crippen LogP contribution in [-0.2, 0) is 6.42 Å². The number of benzene rings is 1. The van der Waals surface area contributed by atoms with E-state index in [2.05, 4.69) is 15.3 Å². The van der Waals surface area contributed by atoms with Gasteiger partial charge in [-0.25, -0.2) is 4.98 Å². The molecule has 0 radical (unpaired) electrons. The second kappa shape index (κ2) is 8.84. The molecule has 0 unspecified atom stereocenters. The van der Waals surface area contributed by atoms with Gasteiger partial charge < -0.3 is 25.5 Å². The largest absolute Gasteiger partial charge is 0.493 e. The lowest BCUT2D eigenvalue weighted by atomic mass is 10.2. The summed E-state index contributed by atoms with van der Waals surface area (Å²) in [6.07, 6.45) is 0.428. The number of carbonyl (C=O) groups excluding carboxylic acids is 1. The standard InChI is InChI=1S/C17H22N4O4/c1-11-9-16(22)21-15(20-11)5-7-19-17(23)12-3-4-13(25-8-6-18)14(10-12)24-2/h3-4,9-10H,5-8,18H2,1-2H3,(H,19,23)(H,20,21,22). The van der Waals surface area contributed by atoms with Crippen molar-refractivity contribution in [2.75, 3.05) is 26.8 Å². The van der Waals surface area contributed by atoms with E-state index in [0.29, 0.717) is 54.7 Å². The van der Waals surface area contributed by atoms with E-state index in [1.165, 1.54) is 13.2 Å². The first-order chi connectivity index (χ1) is 12.0. The first kappa shape index (κ1) is 18.5. The van der Waals surface area contributed by atoms with Gasteiger partial charge in [-0.05, 0) is 25.1 Å². The van der Waals surface area contributed by atoms with Crippen molar-refractivity contribution in [1.82, 2.24) is 15.3 Å². The van der Waals surface area contributed by atoms with Gasteiger partial charge in [0, 0.05) is 36.8 Å². The number of nitrogens with two attached hydrogens (primary N) is 1. The predicted octanol–water partition coefficient (Wildman–Crippen LogP) is 0.397. The van der Waals surface area contributed by atoms with E-state index < -0.39 is 0 Å². The van der Waals surface area contributed by atoms with E-state index in [1.807, 2.05) is 0 Å². The highest BCUT2D eigenvalue weighted by Crippen LogP contribution is 2.27. The maximum atomic E-state index is 12.2. The number of hydrogen-bond acceptors (Lipinski definition) is 6. The van der Waals surface area contributed by atoms with E-state index in [0.717, 1.165) is 0 Å². The summed E-state index contributed by atoms with van der Waals surface area (Å²) >= 11 is 0. The van der Waals surface area contributed by atoms with Gasteiger partial charge in [0.05, 0.1) is 7.11 Å². The van der Waals surface area contributed by atoms with Crippen molar-refractivity contribution in [3.05, 3.63) is 51.7 Å². The molecule has 0 atom stereocenters. The molecule has 0 spiro atoms. The van der Waals surface area contributed by atoms with Gasteiger partial charge in [0.2, 0.25) is 0 Å². The number of amides is 1. The summed E-state index contributed by atoms with van der Waals surface area (Å²) < 4.78 is 10.7. The molecule has 25 heavy (non-hydrogen) atoms. The average Bonchev–Trinajstić information content (AvgIpc) is 2.58. The van der Waals surface area contributed by atoms with Gasteiger partial charge in [0.25, 0.3) is 11.5 Å². The fourth-order valence-corrected chi connectivity index (χ4v) is 2.25.